The summed E-state index contributed by atoms with van der Waals surface area (Å²) in [6.07, 6.45) is 1.62. The SMILES string of the molecule is C=CCn1c(=S)[nH]c2c(oc3ccccc32)c1=O. The van der Waals surface area contributed by atoms with E-state index in [4.69, 9.17) is 16.6 Å². The molecule has 0 spiro atoms. The molecule has 2 heterocycles. The molecule has 1 N–H and O–H groups in total. The summed E-state index contributed by atoms with van der Waals surface area (Å²) in [6.45, 7) is 3.97. The number of furan rings is 1. The Morgan fingerprint density at radius 3 is 3.00 bits per heavy atom. The maximum atomic E-state index is 12.2. The van der Waals surface area contributed by atoms with Crippen LogP contribution in [-0.4, -0.2) is 9.55 Å². The van der Waals surface area contributed by atoms with Crippen LogP contribution >= 0.6 is 12.2 Å². The molecule has 0 aliphatic rings. The third-order valence-electron chi connectivity index (χ3n) is 2.82. The number of allylic oxidation sites excluding steroid dienone is 1. The number of aromatic nitrogens is 2. The van der Waals surface area contributed by atoms with Crippen LogP contribution < -0.4 is 5.56 Å². The van der Waals surface area contributed by atoms with E-state index in [0.717, 1.165) is 5.39 Å². The van der Waals surface area contributed by atoms with Crippen molar-refractivity contribution < 1.29 is 4.42 Å². The van der Waals surface area contributed by atoms with Crippen molar-refractivity contribution in [1.29, 1.82) is 0 Å². The number of para-hydroxylation sites is 1. The Labute approximate surface area is 107 Å². The first-order valence-electron chi connectivity index (χ1n) is 5.47. The molecule has 18 heavy (non-hydrogen) atoms. The zero-order valence-corrected chi connectivity index (χ0v) is 10.3. The molecule has 0 fully saturated rings. The Morgan fingerprint density at radius 1 is 1.44 bits per heavy atom. The second-order valence-corrected chi connectivity index (χ2v) is 4.32. The average Bonchev–Trinajstić information content (AvgIpc) is 2.74. The molecule has 0 atom stereocenters. The van der Waals surface area contributed by atoms with E-state index in [0.29, 0.717) is 28.0 Å². The van der Waals surface area contributed by atoms with E-state index in [9.17, 15) is 4.79 Å². The minimum absolute atomic E-state index is 0.232. The van der Waals surface area contributed by atoms with Gasteiger partial charge in [0.05, 0.1) is 0 Å². The van der Waals surface area contributed by atoms with Crippen molar-refractivity contribution in [3.05, 3.63) is 52.0 Å². The molecule has 2 aromatic heterocycles. The molecule has 0 aliphatic heterocycles. The quantitative estimate of drug-likeness (QED) is 0.568. The molecule has 3 aromatic rings. The highest BCUT2D eigenvalue weighted by Crippen LogP contribution is 2.24. The molecule has 0 bridgehead atoms. The number of nitrogens with one attached hydrogen (secondary N) is 1. The maximum absolute atomic E-state index is 12.2. The first-order valence-corrected chi connectivity index (χ1v) is 5.88. The number of H-pyrrole nitrogens is 1. The summed E-state index contributed by atoms with van der Waals surface area (Å²) in [7, 11) is 0. The average molecular weight is 258 g/mol. The standard InChI is InChI=1S/C13H10N2O2S/c1-2-7-15-12(16)11-10(14-13(15)18)8-5-3-4-6-9(8)17-11/h2-6H,1,7H2,(H,14,18). The number of hydrogen-bond donors (Lipinski definition) is 1. The second-order valence-electron chi connectivity index (χ2n) is 3.94. The lowest BCUT2D eigenvalue weighted by atomic mass is 10.2. The Hall–Kier alpha value is -2.14. The van der Waals surface area contributed by atoms with Crippen LogP contribution in [0.1, 0.15) is 0 Å². The summed E-state index contributed by atoms with van der Waals surface area (Å²) in [5, 5.41) is 0.862. The fourth-order valence-corrected chi connectivity index (χ4v) is 2.26. The van der Waals surface area contributed by atoms with Crippen LogP contribution in [0.15, 0.2) is 46.1 Å². The van der Waals surface area contributed by atoms with Crippen molar-refractivity contribution in [2.24, 2.45) is 0 Å². The molecule has 4 nitrogen and oxygen atoms in total. The third-order valence-corrected chi connectivity index (χ3v) is 3.15. The van der Waals surface area contributed by atoms with Gasteiger partial charge in [-0.15, -0.1) is 6.58 Å². The van der Waals surface area contributed by atoms with E-state index in [1.165, 1.54) is 4.57 Å². The largest absolute Gasteiger partial charge is 0.449 e. The predicted molar refractivity (Wildman–Crippen MR) is 73.4 cm³/mol. The lowest BCUT2D eigenvalue weighted by Crippen LogP contribution is -2.20. The molecule has 0 amide bonds. The van der Waals surface area contributed by atoms with Gasteiger partial charge in [-0.3, -0.25) is 9.36 Å². The van der Waals surface area contributed by atoms with E-state index in [1.807, 2.05) is 24.3 Å². The summed E-state index contributed by atoms with van der Waals surface area (Å²) in [5.41, 5.74) is 1.39. The van der Waals surface area contributed by atoms with Crippen molar-refractivity contribution in [1.82, 2.24) is 9.55 Å². The van der Waals surface area contributed by atoms with Crippen molar-refractivity contribution >= 4 is 34.3 Å². The van der Waals surface area contributed by atoms with E-state index < -0.39 is 0 Å². The van der Waals surface area contributed by atoms with Gasteiger partial charge in [0.25, 0.3) is 5.56 Å². The Balaban J connectivity index is 2.54. The van der Waals surface area contributed by atoms with Crippen LogP contribution in [0.4, 0.5) is 0 Å². The van der Waals surface area contributed by atoms with Crippen LogP contribution in [0, 0.1) is 4.77 Å². The number of aromatic amines is 1. The fraction of sp³-hybridized carbons (Fsp3) is 0.0769. The number of rotatable bonds is 2. The molecule has 0 unspecified atom stereocenters. The van der Waals surface area contributed by atoms with Crippen LogP contribution in [0.3, 0.4) is 0 Å². The number of benzene rings is 1. The molecule has 1 aromatic carbocycles. The Kier molecular flexibility index (Phi) is 2.41. The summed E-state index contributed by atoms with van der Waals surface area (Å²) in [4.78, 5) is 15.3. The summed E-state index contributed by atoms with van der Waals surface area (Å²) < 4.78 is 7.38. The molecule has 3 rings (SSSR count). The van der Waals surface area contributed by atoms with Gasteiger partial charge >= 0.3 is 0 Å². The first-order chi connectivity index (χ1) is 8.72. The van der Waals surface area contributed by atoms with Crippen LogP contribution in [0.5, 0.6) is 0 Å². The molecule has 90 valence electrons. The number of hydrogen-bond acceptors (Lipinski definition) is 3. The van der Waals surface area contributed by atoms with Gasteiger partial charge in [0.2, 0.25) is 5.58 Å². The smallest absolute Gasteiger partial charge is 0.298 e. The van der Waals surface area contributed by atoms with Crippen LogP contribution in [-0.2, 0) is 6.54 Å². The predicted octanol–water partition coefficient (Wildman–Crippen LogP) is 2.99. The Morgan fingerprint density at radius 2 is 2.22 bits per heavy atom. The van der Waals surface area contributed by atoms with Crippen molar-refractivity contribution in [2.75, 3.05) is 0 Å². The van der Waals surface area contributed by atoms with Crippen LogP contribution in [0.2, 0.25) is 0 Å². The lowest BCUT2D eigenvalue weighted by molar-refractivity contribution is 0.642. The topological polar surface area (TPSA) is 50.9 Å². The highest BCUT2D eigenvalue weighted by atomic mass is 32.1. The van der Waals surface area contributed by atoms with Crippen molar-refractivity contribution in [3.8, 4) is 0 Å². The van der Waals surface area contributed by atoms with Gasteiger partial charge in [-0.25, -0.2) is 0 Å². The van der Waals surface area contributed by atoms with E-state index in [2.05, 4.69) is 11.6 Å². The molecular weight excluding hydrogens is 248 g/mol. The monoisotopic (exact) mass is 258 g/mol. The van der Waals surface area contributed by atoms with E-state index >= 15 is 0 Å². The summed E-state index contributed by atoms with van der Waals surface area (Å²) in [5.74, 6) is 0. The number of nitrogens with zero attached hydrogens (tertiary/aromatic N) is 1. The van der Waals surface area contributed by atoms with Crippen molar-refractivity contribution in [3.63, 3.8) is 0 Å². The second kappa shape index (κ2) is 3.96. The molecule has 0 saturated carbocycles. The fourth-order valence-electron chi connectivity index (χ4n) is 2.00. The van der Waals surface area contributed by atoms with Gasteiger partial charge < -0.3 is 9.40 Å². The highest BCUT2D eigenvalue weighted by Gasteiger charge is 2.12. The zero-order chi connectivity index (χ0) is 12.7. The minimum Gasteiger partial charge on any atom is -0.449 e. The molecule has 5 heteroatoms. The third kappa shape index (κ3) is 1.44. The van der Waals surface area contributed by atoms with Crippen molar-refractivity contribution in [2.45, 2.75) is 6.54 Å². The summed E-state index contributed by atoms with van der Waals surface area (Å²) >= 11 is 5.18. The van der Waals surface area contributed by atoms with Gasteiger partial charge in [0.15, 0.2) is 4.77 Å². The Bertz CT molecular complexity index is 870. The van der Waals surface area contributed by atoms with Gasteiger partial charge in [0, 0.05) is 11.9 Å². The van der Waals surface area contributed by atoms with Crippen LogP contribution in [0.25, 0.3) is 22.1 Å². The summed E-state index contributed by atoms with van der Waals surface area (Å²) in [6, 6.07) is 7.47. The minimum atomic E-state index is -0.232. The van der Waals surface area contributed by atoms with E-state index in [1.54, 1.807) is 6.08 Å². The molecule has 0 radical (unpaired) electrons. The van der Waals surface area contributed by atoms with Gasteiger partial charge in [-0.1, -0.05) is 18.2 Å². The highest BCUT2D eigenvalue weighted by molar-refractivity contribution is 7.71. The lowest BCUT2D eigenvalue weighted by Gasteiger charge is -2.01. The zero-order valence-electron chi connectivity index (χ0n) is 9.47. The first kappa shape index (κ1) is 11.0. The molecular formula is C13H10N2O2S. The van der Waals surface area contributed by atoms with Gasteiger partial charge in [0.1, 0.15) is 11.1 Å². The number of fused-ring (bicyclic) bond motifs is 3. The van der Waals surface area contributed by atoms with Gasteiger partial charge in [-0.2, -0.15) is 0 Å². The normalized spacial score (nSPS) is 11.1. The van der Waals surface area contributed by atoms with Gasteiger partial charge in [-0.05, 0) is 24.4 Å². The van der Waals surface area contributed by atoms with E-state index in [-0.39, 0.29) is 5.56 Å². The maximum Gasteiger partial charge on any atom is 0.298 e. The molecule has 0 aliphatic carbocycles. The molecule has 0 saturated heterocycles.